The molecule has 5 heteroatoms. The average Bonchev–Trinajstić information content (AvgIpc) is 2.99. The van der Waals surface area contributed by atoms with Gasteiger partial charge in [-0.2, -0.15) is 0 Å². The van der Waals surface area contributed by atoms with Gasteiger partial charge in [-0.15, -0.1) is 0 Å². The Morgan fingerprint density at radius 1 is 1.15 bits per heavy atom. The van der Waals surface area contributed by atoms with Crippen molar-refractivity contribution in [3.05, 3.63) is 42.0 Å². The highest BCUT2D eigenvalue weighted by Gasteiger charge is 2.14. The Kier molecular flexibility index (Phi) is 5.26. The number of hydrogen-bond acceptors (Lipinski definition) is 4. The highest BCUT2D eigenvalue weighted by Crippen LogP contribution is 2.33. The van der Waals surface area contributed by atoms with Crippen molar-refractivity contribution in [1.29, 1.82) is 0 Å². The van der Waals surface area contributed by atoms with Crippen LogP contribution in [0.25, 0.3) is 22.4 Å². The van der Waals surface area contributed by atoms with E-state index in [1.807, 2.05) is 52.0 Å². The first kappa shape index (κ1) is 18.0. The third-order valence-corrected chi connectivity index (χ3v) is 3.95. The lowest BCUT2D eigenvalue weighted by Crippen LogP contribution is -2.11. The third kappa shape index (κ3) is 4.04. The Morgan fingerprint density at radius 3 is 2.69 bits per heavy atom. The molecule has 1 heterocycles. The number of benzene rings is 2. The van der Waals surface area contributed by atoms with E-state index in [4.69, 9.17) is 9.47 Å². The maximum Gasteiger partial charge on any atom is 0.311 e. The molecule has 1 N–H and O–H groups in total. The van der Waals surface area contributed by atoms with Crippen molar-refractivity contribution < 1.29 is 14.3 Å². The minimum absolute atomic E-state index is 0.247. The molecule has 0 aliphatic carbocycles. The Labute approximate surface area is 153 Å². The zero-order valence-electron chi connectivity index (χ0n) is 15.6. The summed E-state index contributed by atoms with van der Waals surface area (Å²) in [5.41, 5.74) is 3.96. The number of nitrogens with zero attached hydrogens (tertiary/aromatic N) is 1. The Bertz CT molecular complexity index is 928. The zero-order chi connectivity index (χ0) is 18.7. The van der Waals surface area contributed by atoms with Crippen molar-refractivity contribution in [2.24, 2.45) is 5.92 Å². The maximum atomic E-state index is 12.0. The molecule has 1 aromatic heterocycles. The number of aromatic nitrogens is 2. The lowest BCUT2D eigenvalue weighted by molar-refractivity contribution is -0.135. The highest BCUT2D eigenvalue weighted by atomic mass is 16.6. The second-order valence-corrected chi connectivity index (χ2v) is 6.77. The molecule has 5 nitrogen and oxygen atoms in total. The standard InChI is InChI=1S/C21H24N2O3/c1-5-25-19-12-15(7-9-18(19)26-20(24)10-13(2)3)21-22-16-8-6-14(4)11-17(16)23-21/h6-9,11-13H,5,10H2,1-4H3,(H,22,23). The number of carbonyl (C=O) groups is 1. The molecule has 0 atom stereocenters. The van der Waals surface area contributed by atoms with Crippen LogP contribution >= 0.6 is 0 Å². The quantitative estimate of drug-likeness (QED) is 0.507. The summed E-state index contributed by atoms with van der Waals surface area (Å²) in [6, 6.07) is 11.6. The summed E-state index contributed by atoms with van der Waals surface area (Å²) in [6.45, 7) is 8.40. The molecule has 0 aliphatic heterocycles. The van der Waals surface area contributed by atoms with Gasteiger partial charge in [0.15, 0.2) is 11.5 Å². The van der Waals surface area contributed by atoms with Crippen molar-refractivity contribution in [1.82, 2.24) is 9.97 Å². The van der Waals surface area contributed by atoms with Crippen LogP contribution in [0.2, 0.25) is 0 Å². The van der Waals surface area contributed by atoms with Gasteiger partial charge in [-0.05, 0) is 55.7 Å². The summed E-state index contributed by atoms with van der Waals surface area (Å²) in [7, 11) is 0. The van der Waals surface area contributed by atoms with Gasteiger partial charge in [0.05, 0.1) is 17.6 Å². The van der Waals surface area contributed by atoms with Crippen LogP contribution in [0.5, 0.6) is 11.5 Å². The van der Waals surface area contributed by atoms with Gasteiger partial charge in [-0.25, -0.2) is 4.98 Å². The summed E-state index contributed by atoms with van der Waals surface area (Å²) >= 11 is 0. The molecule has 0 saturated heterocycles. The molecule has 0 bridgehead atoms. The number of aryl methyl sites for hydroxylation is 1. The van der Waals surface area contributed by atoms with E-state index in [0.29, 0.717) is 24.5 Å². The van der Waals surface area contributed by atoms with E-state index >= 15 is 0 Å². The number of hydrogen-bond donors (Lipinski definition) is 1. The number of imidazole rings is 1. The number of nitrogens with one attached hydrogen (secondary N) is 1. The van der Waals surface area contributed by atoms with E-state index in [1.165, 1.54) is 5.56 Å². The van der Waals surface area contributed by atoms with Crippen LogP contribution in [-0.4, -0.2) is 22.5 Å². The molecule has 136 valence electrons. The molecular formula is C21H24N2O3. The van der Waals surface area contributed by atoms with E-state index < -0.39 is 0 Å². The minimum Gasteiger partial charge on any atom is -0.490 e. The molecule has 0 fully saturated rings. The van der Waals surface area contributed by atoms with Gasteiger partial charge in [0.1, 0.15) is 5.82 Å². The summed E-state index contributed by atoms with van der Waals surface area (Å²) in [5.74, 6) is 1.72. The molecule has 0 radical (unpaired) electrons. The number of H-pyrrole nitrogens is 1. The number of ether oxygens (including phenoxy) is 2. The minimum atomic E-state index is -0.257. The first-order valence-electron chi connectivity index (χ1n) is 8.90. The van der Waals surface area contributed by atoms with Crippen LogP contribution in [0.1, 0.15) is 32.8 Å². The van der Waals surface area contributed by atoms with Crippen molar-refractivity contribution in [2.45, 2.75) is 34.1 Å². The summed E-state index contributed by atoms with van der Waals surface area (Å²) in [5, 5.41) is 0. The lowest BCUT2D eigenvalue weighted by Gasteiger charge is -2.12. The topological polar surface area (TPSA) is 64.2 Å². The summed E-state index contributed by atoms with van der Waals surface area (Å²) in [6.07, 6.45) is 0.371. The predicted molar refractivity (Wildman–Crippen MR) is 103 cm³/mol. The van der Waals surface area contributed by atoms with Gasteiger partial charge in [-0.1, -0.05) is 19.9 Å². The van der Waals surface area contributed by atoms with Gasteiger partial charge in [0.25, 0.3) is 0 Å². The second kappa shape index (κ2) is 7.60. The van der Waals surface area contributed by atoms with E-state index in [9.17, 15) is 4.79 Å². The maximum absolute atomic E-state index is 12.0. The SMILES string of the molecule is CCOc1cc(-c2nc3ccc(C)cc3[nH]2)ccc1OC(=O)CC(C)C. The molecule has 2 aromatic carbocycles. The fraction of sp³-hybridized carbons (Fsp3) is 0.333. The van der Waals surface area contributed by atoms with E-state index in [0.717, 1.165) is 22.4 Å². The zero-order valence-corrected chi connectivity index (χ0v) is 15.6. The number of aromatic amines is 1. The van der Waals surface area contributed by atoms with Crippen LogP contribution in [-0.2, 0) is 4.79 Å². The summed E-state index contributed by atoms with van der Waals surface area (Å²) < 4.78 is 11.2. The predicted octanol–water partition coefficient (Wildman–Crippen LogP) is 4.89. The fourth-order valence-corrected chi connectivity index (χ4v) is 2.77. The third-order valence-electron chi connectivity index (χ3n) is 3.95. The Morgan fingerprint density at radius 2 is 1.96 bits per heavy atom. The van der Waals surface area contributed by atoms with Crippen LogP contribution in [0, 0.1) is 12.8 Å². The molecule has 0 aliphatic rings. The van der Waals surface area contributed by atoms with E-state index in [-0.39, 0.29) is 11.9 Å². The molecule has 0 amide bonds. The van der Waals surface area contributed by atoms with Crippen molar-refractivity contribution in [2.75, 3.05) is 6.61 Å². The molecule has 0 spiro atoms. The van der Waals surface area contributed by atoms with E-state index in [1.54, 1.807) is 6.07 Å². The van der Waals surface area contributed by atoms with Crippen LogP contribution in [0.4, 0.5) is 0 Å². The van der Waals surface area contributed by atoms with Gasteiger partial charge in [-0.3, -0.25) is 4.79 Å². The normalized spacial score (nSPS) is 11.1. The monoisotopic (exact) mass is 352 g/mol. The first-order chi connectivity index (χ1) is 12.5. The number of carbonyl (C=O) groups excluding carboxylic acids is 1. The van der Waals surface area contributed by atoms with Gasteiger partial charge < -0.3 is 14.5 Å². The first-order valence-corrected chi connectivity index (χ1v) is 8.90. The van der Waals surface area contributed by atoms with E-state index in [2.05, 4.69) is 16.0 Å². The van der Waals surface area contributed by atoms with Crippen LogP contribution in [0.3, 0.4) is 0 Å². The lowest BCUT2D eigenvalue weighted by atomic mass is 10.1. The number of fused-ring (bicyclic) bond motifs is 1. The Hall–Kier alpha value is -2.82. The largest absolute Gasteiger partial charge is 0.490 e. The number of rotatable bonds is 6. The molecule has 0 saturated carbocycles. The molecular weight excluding hydrogens is 328 g/mol. The highest BCUT2D eigenvalue weighted by molar-refractivity contribution is 5.80. The molecule has 26 heavy (non-hydrogen) atoms. The average molecular weight is 352 g/mol. The van der Waals surface area contributed by atoms with Crippen LogP contribution < -0.4 is 9.47 Å². The number of esters is 1. The van der Waals surface area contributed by atoms with Crippen molar-refractivity contribution in [3.8, 4) is 22.9 Å². The molecule has 0 unspecified atom stereocenters. The molecule has 3 rings (SSSR count). The summed E-state index contributed by atoms with van der Waals surface area (Å²) in [4.78, 5) is 20.0. The second-order valence-electron chi connectivity index (χ2n) is 6.77. The van der Waals surface area contributed by atoms with Crippen molar-refractivity contribution in [3.63, 3.8) is 0 Å². The smallest absolute Gasteiger partial charge is 0.311 e. The fourth-order valence-electron chi connectivity index (χ4n) is 2.77. The Balaban J connectivity index is 1.92. The molecule has 3 aromatic rings. The van der Waals surface area contributed by atoms with Gasteiger partial charge in [0.2, 0.25) is 0 Å². The van der Waals surface area contributed by atoms with Crippen LogP contribution in [0.15, 0.2) is 36.4 Å². The van der Waals surface area contributed by atoms with Gasteiger partial charge >= 0.3 is 5.97 Å². The van der Waals surface area contributed by atoms with Gasteiger partial charge in [0, 0.05) is 12.0 Å². The van der Waals surface area contributed by atoms with Crippen molar-refractivity contribution >= 4 is 17.0 Å².